The highest BCUT2D eigenvalue weighted by molar-refractivity contribution is 9.09. The average molecular weight is 488 g/mol. The molecule has 0 spiro atoms. The lowest BCUT2D eigenvalue weighted by atomic mass is 9.90. The largest absolute Gasteiger partial charge is 0.489 e. The minimum Gasteiger partial charge on any atom is -0.489 e. The van der Waals surface area contributed by atoms with E-state index < -0.39 is 11.7 Å². The van der Waals surface area contributed by atoms with Crippen LogP contribution in [-0.4, -0.2) is 29.8 Å². The van der Waals surface area contributed by atoms with Crippen LogP contribution in [0.3, 0.4) is 0 Å². The molecule has 2 N–H and O–H groups in total. The Morgan fingerprint density at radius 3 is 2.41 bits per heavy atom. The van der Waals surface area contributed by atoms with Gasteiger partial charge >= 0.3 is 0 Å². The van der Waals surface area contributed by atoms with E-state index in [1.54, 1.807) is 0 Å². The Kier molecular flexibility index (Phi) is 7.95. The molecule has 2 amide bonds. The minimum absolute atomic E-state index is 0.00527. The molecule has 2 aliphatic carbocycles. The molecule has 5 nitrogen and oxygen atoms in total. The van der Waals surface area contributed by atoms with Crippen molar-refractivity contribution in [3.8, 4) is 5.75 Å². The molecule has 0 atom stereocenters. The molecular weight excluding hydrogens is 463 g/mol. The number of hydrogen-bond donors (Lipinski definition) is 2. The summed E-state index contributed by atoms with van der Waals surface area (Å²) in [6.07, 6.45) is 6.83. The first-order valence-electron chi connectivity index (χ1n) is 10.0. The third-order valence-electron chi connectivity index (χ3n) is 5.26. The second-order valence-electron chi connectivity index (χ2n) is 7.35. The van der Waals surface area contributed by atoms with E-state index in [4.69, 9.17) is 16.3 Å². The van der Waals surface area contributed by atoms with Gasteiger partial charge in [0, 0.05) is 29.1 Å². The maximum atomic E-state index is 14.4. The maximum Gasteiger partial charge on any atom is 0.252 e. The Hall–Kier alpha value is -1.60. The first kappa shape index (κ1) is 22.1. The lowest BCUT2D eigenvalue weighted by Crippen LogP contribution is -2.31. The van der Waals surface area contributed by atoms with Crippen LogP contribution < -0.4 is 15.4 Å². The standard InChI is InChI=1S/C21H25BrClFN2O3/c22-9-10-25-20(27)14-7-3-4-8-15(14)21(28)26-18-12-19(16(23)11-17(18)24)29-13-5-1-2-6-13/h11-13H,1-10H2,(H,25,27)(H,26,28). The zero-order chi connectivity index (χ0) is 20.8. The number of halogens is 3. The van der Waals surface area contributed by atoms with E-state index in [1.165, 1.54) is 6.07 Å². The molecule has 1 aromatic carbocycles. The Morgan fingerprint density at radius 2 is 1.76 bits per heavy atom. The van der Waals surface area contributed by atoms with Gasteiger partial charge < -0.3 is 15.4 Å². The summed E-state index contributed by atoms with van der Waals surface area (Å²) in [5.41, 5.74) is 0.896. The Bertz CT molecular complexity index is 809. The van der Waals surface area contributed by atoms with Gasteiger partial charge in [0.15, 0.2) is 0 Å². The van der Waals surface area contributed by atoms with Crippen molar-refractivity contribution in [1.82, 2.24) is 5.32 Å². The van der Waals surface area contributed by atoms with Gasteiger partial charge in [-0.2, -0.15) is 0 Å². The van der Waals surface area contributed by atoms with E-state index >= 15 is 0 Å². The van der Waals surface area contributed by atoms with Gasteiger partial charge in [-0.05, 0) is 57.4 Å². The molecule has 29 heavy (non-hydrogen) atoms. The molecule has 1 aromatic rings. The molecule has 0 aliphatic heterocycles. The number of nitrogens with one attached hydrogen (secondary N) is 2. The second kappa shape index (κ2) is 10.4. The van der Waals surface area contributed by atoms with Crippen LogP contribution >= 0.6 is 27.5 Å². The van der Waals surface area contributed by atoms with Crippen molar-refractivity contribution >= 4 is 45.0 Å². The number of hydrogen-bond acceptors (Lipinski definition) is 3. The smallest absolute Gasteiger partial charge is 0.252 e. The van der Waals surface area contributed by atoms with Crippen LogP contribution in [0.4, 0.5) is 10.1 Å². The number of anilines is 1. The van der Waals surface area contributed by atoms with Crippen molar-refractivity contribution in [3.63, 3.8) is 0 Å². The van der Waals surface area contributed by atoms with Gasteiger partial charge in [0.05, 0.1) is 16.8 Å². The zero-order valence-corrected chi connectivity index (χ0v) is 18.5. The molecule has 8 heteroatoms. The predicted octanol–water partition coefficient (Wildman–Crippen LogP) is 5.12. The topological polar surface area (TPSA) is 67.4 Å². The van der Waals surface area contributed by atoms with Crippen LogP contribution in [0.2, 0.25) is 5.02 Å². The van der Waals surface area contributed by atoms with Gasteiger partial charge in [0.25, 0.3) is 5.91 Å². The molecule has 1 saturated carbocycles. The molecule has 158 valence electrons. The maximum absolute atomic E-state index is 14.4. The van der Waals surface area contributed by atoms with E-state index in [0.29, 0.717) is 41.6 Å². The summed E-state index contributed by atoms with van der Waals surface area (Å²) >= 11 is 9.40. The highest BCUT2D eigenvalue weighted by Gasteiger charge is 2.25. The molecule has 0 radical (unpaired) electrons. The summed E-state index contributed by atoms with van der Waals surface area (Å²) in [6.45, 7) is 0.477. The summed E-state index contributed by atoms with van der Waals surface area (Å²) < 4.78 is 20.3. The summed E-state index contributed by atoms with van der Waals surface area (Å²) in [5, 5.41) is 6.21. The van der Waals surface area contributed by atoms with Crippen molar-refractivity contribution in [1.29, 1.82) is 0 Å². The van der Waals surface area contributed by atoms with Crippen LogP contribution in [0.15, 0.2) is 23.3 Å². The fraction of sp³-hybridized carbons (Fsp3) is 0.524. The number of amides is 2. The lowest BCUT2D eigenvalue weighted by Gasteiger charge is -2.20. The highest BCUT2D eigenvalue weighted by atomic mass is 79.9. The van der Waals surface area contributed by atoms with Crippen LogP contribution in [0, 0.1) is 5.82 Å². The first-order valence-corrected chi connectivity index (χ1v) is 11.5. The molecule has 0 saturated heterocycles. The van der Waals surface area contributed by atoms with Gasteiger partial charge in [0.1, 0.15) is 11.6 Å². The van der Waals surface area contributed by atoms with Crippen LogP contribution in [0.1, 0.15) is 51.4 Å². The van der Waals surface area contributed by atoms with Gasteiger partial charge in [-0.15, -0.1) is 0 Å². The Balaban J connectivity index is 1.79. The average Bonchev–Trinajstić information content (AvgIpc) is 3.22. The fourth-order valence-corrected chi connectivity index (χ4v) is 4.17. The minimum atomic E-state index is -0.635. The van der Waals surface area contributed by atoms with E-state index in [2.05, 4.69) is 26.6 Å². The number of carbonyl (C=O) groups excluding carboxylic acids is 2. The van der Waals surface area contributed by atoms with Gasteiger partial charge in [-0.1, -0.05) is 27.5 Å². The van der Waals surface area contributed by atoms with E-state index in [9.17, 15) is 14.0 Å². The number of alkyl halides is 1. The molecular formula is C21H25BrClFN2O3. The van der Waals surface area contributed by atoms with E-state index in [-0.39, 0.29) is 22.7 Å². The van der Waals surface area contributed by atoms with Crippen LogP contribution in [0.5, 0.6) is 5.75 Å². The fourth-order valence-electron chi connectivity index (χ4n) is 3.77. The van der Waals surface area contributed by atoms with Crippen molar-refractivity contribution < 1.29 is 18.7 Å². The van der Waals surface area contributed by atoms with Crippen molar-refractivity contribution in [2.24, 2.45) is 0 Å². The van der Waals surface area contributed by atoms with Crippen LogP contribution in [0.25, 0.3) is 0 Å². The molecule has 2 aliphatic rings. The van der Waals surface area contributed by atoms with Gasteiger partial charge in [-0.25, -0.2) is 4.39 Å². The number of carbonyl (C=O) groups is 2. The summed E-state index contributed by atoms with van der Waals surface area (Å²) in [4.78, 5) is 25.3. The lowest BCUT2D eigenvalue weighted by molar-refractivity contribution is -0.119. The van der Waals surface area contributed by atoms with Crippen molar-refractivity contribution in [2.75, 3.05) is 17.2 Å². The van der Waals surface area contributed by atoms with Crippen LogP contribution in [-0.2, 0) is 9.59 Å². The molecule has 1 fully saturated rings. The predicted molar refractivity (Wildman–Crippen MR) is 115 cm³/mol. The third kappa shape index (κ3) is 5.72. The SMILES string of the molecule is O=C(NCCBr)C1=C(C(=O)Nc2cc(OC3CCCC3)c(Cl)cc2F)CCCC1. The number of benzene rings is 1. The van der Waals surface area contributed by atoms with Crippen molar-refractivity contribution in [2.45, 2.75) is 57.5 Å². The molecule has 0 bridgehead atoms. The third-order valence-corrected chi connectivity index (χ3v) is 5.95. The number of rotatable bonds is 7. The molecule has 0 heterocycles. The molecule has 3 rings (SSSR count). The summed E-state index contributed by atoms with van der Waals surface area (Å²) in [7, 11) is 0. The monoisotopic (exact) mass is 486 g/mol. The number of ether oxygens (including phenoxy) is 1. The highest BCUT2D eigenvalue weighted by Crippen LogP contribution is 2.34. The van der Waals surface area contributed by atoms with Gasteiger partial charge in [0.2, 0.25) is 5.91 Å². The zero-order valence-electron chi connectivity index (χ0n) is 16.2. The summed E-state index contributed by atoms with van der Waals surface area (Å²) in [6, 6.07) is 2.59. The van der Waals surface area contributed by atoms with E-state index in [0.717, 1.165) is 44.6 Å². The Labute approximate surface area is 183 Å². The Morgan fingerprint density at radius 1 is 1.10 bits per heavy atom. The first-order chi connectivity index (χ1) is 14.0. The van der Waals surface area contributed by atoms with Crippen molar-refractivity contribution in [3.05, 3.63) is 34.1 Å². The van der Waals surface area contributed by atoms with E-state index in [1.807, 2.05) is 0 Å². The second-order valence-corrected chi connectivity index (χ2v) is 8.55. The quantitative estimate of drug-likeness (QED) is 0.525. The molecule has 0 aromatic heterocycles. The molecule has 0 unspecified atom stereocenters. The normalized spacial score (nSPS) is 17.3. The van der Waals surface area contributed by atoms with Gasteiger partial charge in [-0.3, -0.25) is 9.59 Å². The summed E-state index contributed by atoms with van der Waals surface area (Å²) in [5.74, 6) is -0.968.